The minimum absolute atomic E-state index is 0.600. The second-order valence-electron chi connectivity index (χ2n) is 16.0. The summed E-state index contributed by atoms with van der Waals surface area (Å²) in [4.78, 5) is 17.5. The Morgan fingerprint density at radius 3 is 1.47 bits per heavy atom. The highest BCUT2D eigenvalue weighted by Gasteiger charge is 2.20. The van der Waals surface area contributed by atoms with Crippen molar-refractivity contribution < 1.29 is 4.42 Å². The van der Waals surface area contributed by atoms with Crippen molar-refractivity contribution in [2.45, 2.75) is 0 Å². The minimum Gasteiger partial charge on any atom is -0.455 e. The topological polar surface area (TPSA) is 55.1 Å². The van der Waals surface area contributed by atoms with Gasteiger partial charge in [-0.3, -0.25) is 0 Å². The molecular weight excluding hydrogens is 781 g/mol. The van der Waals surface area contributed by atoms with Crippen molar-refractivity contribution in [3.63, 3.8) is 0 Å². The molecule has 0 bridgehead atoms. The van der Waals surface area contributed by atoms with Crippen molar-refractivity contribution in [2.24, 2.45) is 0 Å². The van der Waals surface area contributed by atoms with Gasteiger partial charge in [0.25, 0.3) is 0 Å². The van der Waals surface area contributed by atoms with E-state index in [9.17, 15) is 0 Å². The van der Waals surface area contributed by atoms with Crippen LogP contribution in [0.1, 0.15) is 0 Å². The lowest BCUT2D eigenvalue weighted by molar-refractivity contribution is 0.670. The largest absolute Gasteiger partial charge is 0.455 e. The maximum absolute atomic E-state index is 6.86. The van der Waals surface area contributed by atoms with E-state index in [1.165, 1.54) is 16.5 Å². The molecule has 0 fully saturated rings. The molecule has 2 heterocycles. The predicted octanol–water partition coefficient (Wildman–Crippen LogP) is 15.9. The van der Waals surface area contributed by atoms with Crippen LogP contribution in [0.25, 0.3) is 99.9 Å². The molecule has 0 saturated carbocycles. The molecule has 2 aromatic heterocycles. The lowest BCUT2D eigenvalue weighted by atomic mass is 9.94. The van der Waals surface area contributed by atoms with Crippen molar-refractivity contribution in [1.82, 2.24) is 15.0 Å². The first-order chi connectivity index (χ1) is 31.7. The molecule has 0 N–H and O–H groups in total. The number of anilines is 3. The monoisotopic (exact) mass is 818 g/mol. The van der Waals surface area contributed by atoms with Crippen LogP contribution >= 0.6 is 0 Å². The Morgan fingerprint density at radius 2 is 0.781 bits per heavy atom. The van der Waals surface area contributed by atoms with Crippen molar-refractivity contribution in [1.29, 1.82) is 0 Å². The zero-order valence-electron chi connectivity index (χ0n) is 34.6. The van der Waals surface area contributed by atoms with Crippen LogP contribution in [0.5, 0.6) is 0 Å². The normalized spacial score (nSPS) is 11.4. The average Bonchev–Trinajstić information content (AvgIpc) is 3.74. The van der Waals surface area contributed by atoms with E-state index in [2.05, 4.69) is 199 Å². The summed E-state index contributed by atoms with van der Waals surface area (Å²) >= 11 is 0. The third-order valence-corrected chi connectivity index (χ3v) is 12.1. The molecule has 0 amide bonds. The molecule has 0 saturated heterocycles. The van der Waals surface area contributed by atoms with E-state index in [1.54, 1.807) is 0 Å². The molecule has 300 valence electrons. The number of benzene rings is 10. The Morgan fingerprint density at radius 1 is 0.297 bits per heavy atom. The van der Waals surface area contributed by atoms with Crippen LogP contribution in [0.3, 0.4) is 0 Å². The molecule has 0 aliphatic carbocycles. The number of furan rings is 1. The summed E-state index contributed by atoms with van der Waals surface area (Å²) in [6.45, 7) is 0. The van der Waals surface area contributed by atoms with Gasteiger partial charge in [-0.05, 0) is 105 Å². The Hall–Kier alpha value is -8.67. The highest BCUT2D eigenvalue weighted by Crippen LogP contribution is 2.44. The van der Waals surface area contributed by atoms with E-state index >= 15 is 0 Å². The van der Waals surface area contributed by atoms with Crippen LogP contribution in [0.4, 0.5) is 17.1 Å². The van der Waals surface area contributed by atoms with Gasteiger partial charge in [0.2, 0.25) is 0 Å². The van der Waals surface area contributed by atoms with Crippen LogP contribution in [0.15, 0.2) is 235 Å². The van der Waals surface area contributed by atoms with Crippen LogP contribution in [0, 0.1) is 0 Å². The molecule has 5 heteroatoms. The predicted molar refractivity (Wildman–Crippen MR) is 264 cm³/mol. The maximum atomic E-state index is 6.86. The first-order valence-corrected chi connectivity index (χ1v) is 21.5. The fraction of sp³-hybridized carbons (Fsp3) is 0. The van der Waals surface area contributed by atoms with Gasteiger partial charge in [-0.25, -0.2) is 15.0 Å². The number of para-hydroxylation sites is 1. The maximum Gasteiger partial charge on any atom is 0.164 e. The van der Waals surface area contributed by atoms with E-state index < -0.39 is 0 Å². The third kappa shape index (κ3) is 6.73. The quantitative estimate of drug-likeness (QED) is 0.153. The fourth-order valence-corrected chi connectivity index (χ4v) is 8.91. The molecule has 0 aliphatic heterocycles. The molecule has 0 aliphatic rings. The molecule has 10 aromatic carbocycles. The lowest BCUT2D eigenvalue weighted by Gasteiger charge is -2.26. The van der Waals surface area contributed by atoms with Crippen molar-refractivity contribution in [2.75, 3.05) is 4.90 Å². The Kier molecular flexibility index (Phi) is 9.08. The molecule has 0 radical (unpaired) electrons. The zero-order valence-corrected chi connectivity index (χ0v) is 34.6. The number of hydrogen-bond acceptors (Lipinski definition) is 5. The summed E-state index contributed by atoms with van der Waals surface area (Å²) < 4.78 is 6.86. The first-order valence-electron chi connectivity index (χ1n) is 21.5. The second-order valence-corrected chi connectivity index (χ2v) is 16.0. The van der Waals surface area contributed by atoms with E-state index in [0.29, 0.717) is 17.5 Å². The van der Waals surface area contributed by atoms with Gasteiger partial charge in [0.05, 0.1) is 0 Å². The van der Waals surface area contributed by atoms with Gasteiger partial charge in [-0.2, -0.15) is 0 Å². The van der Waals surface area contributed by atoms with Crippen molar-refractivity contribution >= 4 is 60.5 Å². The zero-order chi connectivity index (χ0) is 42.4. The van der Waals surface area contributed by atoms with Gasteiger partial charge < -0.3 is 9.32 Å². The van der Waals surface area contributed by atoms with E-state index in [1.807, 2.05) is 36.4 Å². The highest BCUT2D eigenvalue weighted by atomic mass is 16.3. The SMILES string of the molecule is c1ccc(-c2ccc(N(c3ccccc3)c3ccc(-c4c5ccccc5cc5c4oc4ccc(-c6nc(-c7ccccc7)nc(-c7ccc8ccccc8c7)n6)cc45)cc3)cc2)cc1. The molecule has 12 aromatic rings. The molecule has 64 heavy (non-hydrogen) atoms. The molecule has 5 nitrogen and oxygen atoms in total. The lowest BCUT2D eigenvalue weighted by Crippen LogP contribution is -2.09. The average molecular weight is 819 g/mol. The van der Waals surface area contributed by atoms with Gasteiger partial charge in [0.15, 0.2) is 17.5 Å². The standard InChI is InChI=1S/C59H38N4O/c1-4-14-39(15-5-1)41-26-31-49(32-27-41)63(48-21-8-3-9-22-48)50-33-28-42(29-34-50)55-51-23-13-12-20-45(51)37-53-52-38-47(30-35-54(52)64-56(53)55)59-61-57(43-17-6-2-7-18-43)60-58(62-59)46-25-24-40-16-10-11-19-44(40)36-46/h1-38H. The Balaban J connectivity index is 0.971. The molecule has 0 spiro atoms. The van der Waals surface area contributed by atoms with Crippen molar-refractivity contribution in [3.8, 4) is 56.4 Å². The van der Waals surface area contributed by atoms with Crippen LogP contribution in [-0.4, -0.2) is 15.0 Å². The second kappa shape index (κ2) is 15.7. The number of aromatic nitrogens is 3. The smallest absolute Gasteiger partial charge is 0.164 e. The number of fused-ring (bicyclic) bond motifs is 5. The number of nitrogens with zero attached hydrogens (tertiary/aromatic N) is 4. The number of rotatable bonds is 8. The van der Waals surface area contributed by atoms with E-state index in [4.69, 9.17) is 19.4 Å². The van der Waals surface area contributed by atoms with Gasteiger partial charge in [0, 0.05) is 50.1 Å². The summed E-state index contributed by atoms with van der Waals surface area (Å²) in [6, 6.07) is 80.6. The molecular formula is C59H38N4O. The van der Waals surface area contributed by atoms with E-state index in [-0.39, 0.29) is 0 Å². The minimum atomic E-state index is 0.600. The van der Waals surface area contributed by atoms with Gasteiger partial charge in [-0.1, -0.05) is 164 Å². The summed E-state index contributed by atoms with van der Waals surface area (Å²) in [5.74, 6) is 1.85. The van der Waals surface area contributed by atoms with Crippen LogP contribution < -0.4 is 4.90 Å². The highest BCUT2D eigenvalue weighted by molar-refractivity contribution is 6.18. The van der Waals surface area contributed by atoms with Crippen molar-refractivity contribution in [3.05, 3.63) is 231 Å². The summed E-state index contributed by atoms with van der Waals surface area (Å²) in [5.41, 5.74) is 12.1. The first kappa shape index (κ1) is 37.1. The van der Waals surface area contributed by atoms with Crippen LogP contribution in [0.2, 0.25) is 0 Å². The third-order valence-electron chi connectivity index (χ3n) is 12.1. The Labute approximate surface area is 370 Å². The fourth-order valence-electron chi connectivity index (χ4n) is 8.91. The molecule has 0 atom stereocenters. The summed E-state index contributed by atoms with van der Waals surface area (Å²) in [5, 5.41) is 6.60. The molecule has 0 unspecified atom stereocenters. The Bertz CT molecular complexity index is 3640. The summed E-state index contributed by atoms with van der Waals surface area (Å²) in [7, 11) is 0. The van der Waals surface area contributed by atoms with Gasteiger partial charge in [0.1, 0.15) is 11.2 Å². The summed E-state index contributed by atoms with van der Waals surface area (Å²) in [6.07, 6.45) is 0. The molecule has 12 rings (SSSR count). The number of hydrogen-bond donors (Lipinski definition) is 0. The van der Waals surface area contributed by atoms with Gasteiger partial charge >= 0.3 is 0 Å². The van der Waals surface area contributed by atoms with Crippen LogP contribution in [-0.2, 0) is 0 Å². The van der Waals surface area contributed by atoms with E-state index in [0.717, 1.165) is 83.0 Å². The van der Waals surface area contributed by atoms with Gasteiger partial charge in [-0.15, -0.1) is 0 Å².